The van der Waals surface area contributed by atoms with Gasteiger partial charge in [0.05, 0.1) is 54.9 Å². The van der Waals surface area contributed by atoms with Crippen molar-refractivity contribution in [2.75, 3.05) is 27.9 Å². The van der Waals surface area contributed by atoms with Gasteiger partial charge in [-0.15, -0.1) is 0 Å². The lowest BCUT2D eigenvalue weighted by Gasteiger charge is -2.55. The molecule has 5 N–H and O–H groups in total. The number of fused-ring (bicyclic) bond motifs is 3. The van der Waals surface area contributed by atoms with E-state index in [1.54, 1.807) is 27.4 Å². The molecule has 0 aromatic carbocycles. The fraction of sp³-hybridized carbons (Fsp3) is 0.833. The highest BCUT2D eigenvalue weighted by Crippen LogP contribution is 2.58. The lowest BCUT2D eigenvalue weighted by atomic mass is 9.48. The van der Waals surface area contributed by atoms with E-state index in [1.165, 1.54) is 7.11 Å². The SMILES string of the molecule is CO[C@H]1C[C@H](O[C@H]2[C@@H](OC)C[C@H](O[C@@H]3CC4=CC[C@H]5C(=O)[C@@](C)(c6ccoc6C)CC[C@@H]5[C@@]4(C)[C@H](O)C3=O)O[C@@H]2C)O[C@@H](C)[C@H]1O[C@H]1C[C@H](OC)[C@H](O[C@@H]2O[C@H](CO)[C@@H](O)[C@H](O)[C@H]2O)[C@@H](C)O1. The van der Waals surface area contributed by atoms with Gasteiger partial charge in [0.15, 0.2) is 30.9 Å². The van der Waals surface area contributed by atoms with E-state index in [2.05, 4.69) is 0 Å². The Kier molecular flexibility index (Phi) is 15.6. The number of carbonyl (C=O) groups is 2. The number of carbonyl (C=O) groups excluding carboxylic acids is 2. The van der Waals surface area contributed by atoms with Crippen LogP contribution in [0.4, 0.5) is 0 Å². The molecule has 7 aliphatic rings. The van der Waals surface area contributed by atoms with E-state index in [9.17, 15) is 35.1 Å². The van der Waals surface area contributed by atoms with Gasteiger partial charge in [-0.1, -0.05) is 18.6 Å². The molecule has 67 heavy (non-hydrogen) atoms. The minimum Gasteiger partial charge on any atom is -0.469 e. The number of furan rings is 1. The van der Waals surface area contributed by atoms with Gasteiger partial charge in [0.2, 0.25) is 0 Å². The molecular formula is C48H72O19. The molecule has 8 rings (SSSR count). The number of allylic oxidation sites excluding steroid dienone is 1. The van der Waals surface area contributed by atoms with Gasteiger partial charge in [-0.3, -0.25) is 9.59 Å². The monoisotopic (exact) mass is 952 g/mol. The van der Waals surface area contributed by atoms with E-state index in [-0.39, 0.29) is 36.9 Å². The molecular weight excluding hydrogens is 881 g/mol. The Balaban J connectivity index is 0.852. The number of ether oxygens (including phenoxy) is 11. The lowest BCUT2D eigenvalue weighted by Crippen LogP contribution is -2.62. The Morgan fingerprint density at radius 1 is 0.731 bits per heavy atom. The number of aliphatic hydroxyl groups excluding tert-OH is 5. The average Bonchev–Trinajstić information content (AvgIpc) is 3.75. The van der Waals surface area contributed by atoms with Crippen molar-refractivity contribution in [1.82, 2.24) is 0 Å². The summed E-state index contributed by atoms with van der Waals surface area (Å²) in [6.07, 6.45) is -10.6. The second-order valence-corrected chi connectivity index (χ2v) is 20.1. The molecule has 19 heteroatoms. The summed E-state index contributed by atoms with van der Waals surface area (Å²) in [4.78, 5) is 28.3. The van der Waals surface area contributed by atoms with Crippen LogP contribution in [0.5, 0.6) is 0 Å². The largest absolute Gasteiger partial charge is 0.469 e. The van der Waals surface area contributed by atoms with Crippen LogP contribution in [0, 0.1) is 24.2 Å². The van der Waals surface area contributed by atoms with Crippen molar-refractivity contribution >= 4 is 11.6 Å². The number of hydrogen-bond donors (Lipinski definition) is 5. The number of methoxy groups -OCH3 is 3. The maximum Gasteiger partial charge on any atom is 0.191 e. The second-order valence-electron chi connectivity index (χ2n) is 20.1. The first kappa shape index (κ1) is 51.1. The molecule has 23 atom stereocenters. The van der Waals surface area contributed by atoms with Crippen molar-refractivity contribution in [3.05, 3.63) is 35.3 Å². The molecule has 1 aromatic heterocycles. The normalized spacial score (nSPS) is 48.4. The van der Waals surface area contributed by atoms with Crippen molar-refractivity contribution in [2.24, 2.45) is 17.3 Å². The summed E-state index contributed by atoms with van der Waals surface area (Å²) in [5.41, 5.74) is 0.242. The Labute approximate surface area is 391 Å². The molecule has 6 fully saturated rings. The Bertz CT molecular complexity index is 1910. The van der Waals surface area contributed by atoms with E-state index in [1.807, 2.05) is 46.8 Å². The summed E-state index contributed by atoms with van der Waals surface area (Å²) in [5.74, 6) is -0.0873. The van der Waals surface area contributed by atoms with Crippen LogP contribution in [-0.4, -0.2) is 182 Å². The summed E-state index contributed by atoms with van der Waals surface area (Å²) in [7, 11) is 4.66. The number of rotatable bonds is 13. The zero-order chi connectivity index (χ0) is 48.3. The fourth-order valence-electron chi connectivity index (χ4n) is 12.3. The van der Waals surface area contributed by atoms with E-state index in [0.29, 0.717) is 25.7 Å². The summed E-state index contributed by atoms with van der Waals surface area (Å²) < 4.78 is 73.3. The summed E-state index contributed by atoms with van der Waals surface area (Å²) in [6, 6.07) is 1.88. The van der Waals surface area contributed by atoms with Gasteiger partial charge in [0.25, 0.3) is 0 Å². The average molecular weight is 953 g/mol. The molecule has 0 spiro atoms. The van der Waals surface area contributed by atoms with Crippen LogP contribution in [0.3, 0.4) is 0 Å². The maximum absolute atomic E-state index is 14.2. The van der Waals surface area contributed by atoms with Crippen LogP contribution < -0.4 is 0 Å². The van der Waals surface area contributed by atoms with Gasteiger partial charge in [-0.2, -0.15) is 0 Å². The number of aliphatic hydroxyl groups is 5. The van der Waals surface area contributed by atoms with Crippen LogP contribution in [0.1, 0.15) is 90.9 Å². The molecule has 0 unspecified atom stereocenters. The number of aryl methyl sites for hydroxylation is 1. The van der Waals surface area contributed by atoms with Gasteiger partial charge in [-0.05, 0) is 65.9 Å². The number of hydrogen-bond acceptors (Lipinski definition) is 19. The fourth-order valence-corrected chi connectivity index (χ4v) is 12.3. The Hall–Kier alpha value is -2.28. The Morgan fingerprint density at radius 2 is 1.27 bits per heavy atom. The van der Waals surface area contributed by atoms with Gasteiger partial charge in [-0.25, -0.2) is 0 Å². The molecule has 0 bridgehead atoms. The van der Waals surface area contributed by atoms with Crippen LogP contribution in [-0.2, 0) is 67.1 Å². The summed E-state index contributed by atoms with van der Waals surface area (Å²) in [5, 5.41) is 52.5. The van der Waals surface area contributed by atoms with Crippen LogP contribution >= 0.6 is 0 Å². The number of ketones is 2. The maximum atomic E-state index is 14.2. The third-order valence-corrected chi connectivity index (χ3v) is 16.3. The highest BCUT2D eigenvalue weighted by atomic mass is 16.8. The van der Waals surface area contributed by atoms with Gasteiger partial charge >= 0.3 is 0 Å². The zero-order valence-corrected chi connectivity index (χ0v) is 40.0. The smallest absolute Gasteiger partial charge is 0.191 e. The van der Waals surface area contributed by atoms with E-state index in [4.69, 9.17) is 56.5 Å². The number of Topliss-reactive ketones (excluding diaryl/α,β-unsaturated/α-hetero) is 2. The Morgan fingerprint density at radius 3 is 1.78 bits per heavy atom. The second kappa shape index (κ2) is 20.4. The molecule has 3 aliphatic carbocycles. The van der Waals surface area contributed by atoms with E-state index >= 15 is 0 Å². The minimum atomic E-state index is -1.60. The lowest BCUT2D eigenvalue weighted by molar-refractivity contribution is -0.357. The molecule has 19 nitrogen and oxygen atoms in total. The van der Waals surface area contributed by atoms with Crippen molar-refractivity contribution in [3.63, 3.8) is 0 Å². The first-order valence-electron chi connectivity index (χ1n) is 23.9. The van der Waals surface area contributed by atoms with Crippen LogP contribution in [0.15, 0.2) is 28.4 Å². The van der Waals surface area contributed by atoms with Crippen molar-refractivity contribution in [2.45, 2.75) is 209 Å². The molecule has 0 radical (unpaired) electrons. The highest BCUT2D eigenvalue weighted by Gasteiger charge is 2.61. The first-order chi connectivity index (χ1) is 31.9. The molecule has 4 saturated heterocycles. The van der Waals surface area contributed by atoms with Crippen molar-refractivity contribution in [1.29, 1.82) is 0 Å². The first-order valence-corrected chi connectivity index (χ1v) is 23.9. The van der Waals surface area contributed by atoms with E-state index < -0.39 is 140 Å². The topological polar surface area (TPSA) is 250 Å². The zero-order valence-electron chi connectivity index (χ0n) is 40.0. The third kappa shape index (κ3) is 9.40. The van der Waals surface area contributed by atoms with Crippen molar-refractivity contribution in [3.8, 4) is 0 Å². The quantitative estimate of drug-likeness (QED) is 0.177. The van der Waals surface area contributed by atoms with Gasteiger partial charge < -0.3 is 82.1 Å². The molecule has 2 saturated carbocycles. The van der Waals surface area contributed by atoms with Crippen LogP contribution in [0.2, 0.25) is 0 Å². The highest BCUT2D eigenvalue weighted by molar-refractivity contribution is 5.95. The minimum absolute atomic E-state index is 0.124. The molecule has 378 valence electrons. The van der Waals surface area contributed by atoms with Crippen molar-refractivity contribution < 1.29 is 91.6 Å². The molecule has 1 aromatic rings. The summed E-state index contributed by atoms with van der Waals surface area (Å²) >= 11 is 0. The summed E-state index contributed by atoms with van der Waals surface area (Å²) in [6.45, 7) is 10.6. The van der Waals surface area contributed by atoms with Gasteiger partial charge in [0.1, 0.15) is 66.5 Å². The third-order valence-electron chi connectivity index (χ3n) is 16.3. The molecule has 4 aliphatic heterocycles. The standard InChI is InChI=1S/C48H72O19/c1-21-27(13-15-59-21)47(5)14-12-28-26(44(47)54)11-10-25-16-29(38(51)45(55)48(25,28)6)63-34-17-30(56-7)41(22(2)60-34)65-35-18-31(57-8)42(23(3)61-35)66-36-19-32(58-9)43(24(4)62-36)67-46-40(53)39(52)37(50)33(20-49)64-46/h10,13,15,22-24,26,28-37,39-43,45-46,49-50,52-53,55H,11-12,14,16-20H2,1-9H3/t22-,23+,24-,26-,28+,29-,30+,31+,32+,33-,34+,35+,36+,37-,39+,40-,41-,42-,43-,45-,46+,47-,48+/m1/s1. The predicted octanol–water partition coefficient (Wildman–Crippen LogP) is 1.90. The predicted molar refractivity (Wildman–Crippen MR) is 231 cm³/mol. The van der Waals surface area contributed by atoms with E-state index in [0.717, 1.165) is 16.9 Å². The molecule has 5 heterocycles. The molecule has 0 amide bonds. The van der Waals surface area contributed by atoms with Gasteiger partial charge in [0, 0.05) is 63.9 Å². The van der Waals surface area contributed by atoms with Crippen LogP contribution in [0.25, 0.3) is 0 Å².